The van der Waals surface area contributed by atoms with Crippen LogP contribution in [0, 0.1) is 17.7 Å². The standard InChI is InChI=1S/C9H6BrFS/c10-8-4-7(2-1-3-12)5-9(11)6-8/h4-6,12H,3H2. The molecular weight excluding hydrogens is 239 g/mol. The number of halogens is 2. The summed E-state index contributed by atoms with van der Waals surface area (Å²) in [4.78, 5) is 0. The molecule has 12 heavy (non-hydrogen) atoms. The van der Waals surface area contributed by atoms with E-state index in [2.05, 4.69) is 40.4 Å². The van der Waals surface area contributed by atoms with Crippen LogP contribution in [0.4, 0.5) is 4.39 Å². The minimum Gasteiger partial charge on any atom is -0.207 e. The Labute approximate surface area is 84.7 Å². The quantitative estimate of drug-likeness (QED) is 0.527. The summed E-state index contributed by atoms with van der Waals surface area (Å²) >= 11 is 7.10. The molecule has 62 valence electrons. The summed E-state index contributed by atoms with van der Waals surface area (Å²) in [5.41, 5.74) is 0.663. The van der Waals surface area contributed by atoms with Gasteiger partial charge in [-0.1, -0.05) is 27.8 Å². The van der Waals surface area contributed by atoms with E-state index < -0.39 is 0 Å². The fourth-order valence-corrected chi connectivity index (χ4v) is 1.31. The third-order valence-electron chi connectivity index (χ3n) is 1.17. The van der Waals surface area contributed by atoms with Gasteiger partial charge in [0.15, 0.2) is 0 Å². The molecule has 0 spiro atoms. The smallest absolute Gasteiger partial charge is 0.125 e. The molecule has 0 bridgehead atoms. The lowest BCUT2D eigenvalue weighted by atomic mass is 10.2. The molecule has 0 aliphatic carbocycles. The van der Waals surface area contributed by atoms with E-state index in [-0.39, 0.29) is 5.82 Å². The van der Waals surface area contributed by atoms with Crippen molar-refractivity contribution >= 4 is 28.6 Å². The molecule has 0 radical (unpaired) electrons. The fraction of sp³-hybridized carbons (Fsp3) is 0.111. The van der Waals surface area contributed by atoms with Crippen molar-refractivity contribution in [1.82, 2.24) is 0 Å². The van der Waals surface area contributed by atoms with Crippen LogP contribution >= 0.6 is 28.6 Å². The third kappa shape index (κ3) is 2.88. The molecular formula is C9H6BrFS. The average Bonchev–Trinajstić information content (AvgIpc) is 1.99. The molecule has 0 saturated heterocycles. The first-order chi connectivity index (χ1) is 5.72. The van der Waals surface area contributed by atoms with E-state index in [0.717, 1.165) is 0 Å². The molecule has 0 atom stereocenters. The zero-order valence-corrected chi connectivity index (χ0v) is 8.62. The highest BCUT2D eigenvalue weighted by atomic mass is 79.9. The van der Waals surface area contributed by atoms with Gasteiger partial charge in [0.2, 0.25) is 0 Å². The summed E-state index contributed by atoms with van der Waals surface area (Å²) in [6, 6.07) is 4.55. The molecule has 0 amide bonds. The SMILES string of the molecule is Fc1cc(Br)cc(C#CCS)c1. The molecule has 3 heteroatoms. The minimum atomic E-state index is -0.284. The summed E-state index contributed by atoms with van der Waals surface area (Å²) < 4.78 is 13.4. The van der Waals surface area contributed by atoms with Crippen LogP contribution in [0.1, 0.15) is 5.56 Å². The molecule has 0 fully saturated rings. The van der Waals surface area contributed by atoms with Gasteiger partial charge in [-0.25, -0.2) is 4.39 Å². The first-order valence-electron chi connectivity index (χ1n) is 3.28. The summed E-state index contributed by atoms with van der Waals surface area (Å²) in [7, 11) is 0. The van der Waals surface area contributed by atoms with E-state index in [1.807, 2.05) is 0 Å². The number of rotatable bonds is 0. The third-order valence-corrected chi connectivity index (χ3v) is 1.79. The Kier molecular flexibility index (Phi) is 3.64. The molecule has 0 aliphatic rings. The molecule has 0 aliphatic heterocycles. The van der Waals surface area contributed by atoms with Gasteiger partial charge in [-0.05, 0) is 18.2 Å². The normalized spacial score (nSPS) is 8.92. The summed E-state index contributed by atoms with van der Waals surface area (Å²) in [6.07, 6.45) is 0. The Morgan fingerprint density at radius 3 is 2.75 bits per heavy atom. The van der Waals surface area contributed by atoms with Crippen LogP contribution in [-0.4, -0.2) is 5.75 Å². The van der Waals surface area contributed by atoms with Crippen molar-refractivity contribution in [1.29, 1.82) is 0 Å². The summed E-state index contributed by atoms with van der Waals surface area (Å²) in [6.45, 7) is 0. The van der Waals surface area contributed by atoms with Crippen molar-refractivity contribution in [2.24, 2.45) is 0 Å². The first kappa shape index (κ1) is 9.63. The monoisotopic (exact) mass is 244 g/mol. The van der Waals surface area contributed by atoms with E-state index in [1.54, 1.807) is 6.07 Å². The Bertz CT molecular complexity index is 318. The predicted octanol–water partition coefficient (Wildman–Crippen LogP) is 2.87. The second-order valence-corrected chi connectivity index (χ2v) is 3.35. The lowest BCUT2D eigenvalue weighted by molar-refractivity contribution is 0.626. The van der Waals surface area contributed by atoms with E-state index in [9.17, 15) is 4.39 Å². The van der Waals surface area contributed by atoms with Gasteiger partial charge < -0.3 is 0 Å². The molecule has 0 unspecified atom stereocenters. The second-order valence-electron chi connectivity index (χ2n) is 2.12. The maximum atomic E-state index is 12.7. The van der Waals surface area contributed by atoms with Crippen molar-refractivity contribution in [2.45, 2.75) is 0 Å². The van der Waals surface area contributed by atoms with Gasteiger partial charge in [-0.15, -0.1) is 0 Å². The average molecular weight is 245 g/mol. The lowest BCUT2D eigenvalue weighted by Crippen LogP contribution is -1.79. The van der Waals surface area contributed by atoms with Crippen LogP contribution in [0.15, 0.2) is 22.7 Å². The molecule has 1 rings (SSSR count). The molecule has 1 aromatic rings. The van der Waals surface area contributed by atoms with Crippen molar-refractivity contribution in [3.8, 4) is 11.8 Å². The van der Waals surface area contributed by atoms with Gasteiger partial charge in [0, 0.05) is 10.0 Å². The van der Waals surface area contributed by atoms with E-state index in [4.69, 9.17) is 0 Å². The van der Waals surface area contributed by atoms with Crippen LogP contribution in [-0.2, 0) is 0 Å². The van der Waals surface area contributed by atoms with E-state index >= 15 is 0 Å². The van der Waals surface area contributed by atoms with Crippen molar-refractivity contribution in [3.05, 3.63) is 34.1 Å². The van der Waals surface area contributed by atoms with Gasteiger partial charge >= 0.3 is 0 Å². The Hall–Kier alpha value is -0.460. The molecule has 0 heterocycles. The zero-order valence-electron chi connectivity index (χ0n) is 6.14. The maximum Gasteiger partial charge on any atom is 0.125 e. The largest absolute Gasteiger partial charge is 0.207 e. The van der Waals surface area contributed by atoms with Gasteiger partial charge in [-0.3, -0.25) is 0 Å². The topological polar surface area (TPSA) is 0 Å². The molecule has 0 saturated carbocycles. The highest BCUT2D eigenvalue weighted by Crippen LogP contribution is 2.13. The van der Waals surface area contributed by atoms with Gasteiger partial charge in [0.05, 0.1) is 5.75 Å². The first-order valence-corrected chi connectivity index (χ1v) is 4.71. The minimum absolute atomic E-state index is 0.284. The van der Waals surface area contributed by atoms with Gasteiger partial charge in [0.1, 0.15) is 5.82 Å². The van der Waals surface area contributed by atoms with Gasteiger partial charge in [-0.2, -0.15) is 12.6 Å². The number of hydrogen-bond donors (Lipinski definition) is 1. The highest BCUT2D eigenvalue weighted by molar-refractivity contribution is 9.10. The fourth-order valence-electron chi connectivity index (χ4n) is 0.768. The highest BCUT2D eigenvalue weighted by Gasteiger charge is 1.94. The molecule has 0 N–H and O–H groups in total. The van der Waals surface area contributed by atoms with Crippen molar-refractivity contribution in [2.75, 3.05) is 5.75 Å². The van der Waals surface area contributed by atoms with Crippen LogP contribution in [0.5, 0.6) is 0 Å². The van der Waals surface area contributed by atoms with Crippen LogP contribution in [0.3, 0.4) is 0 Å². The van der Waals surface area contributed by atoms with Crippen LogP contribution < -0.4 is 0 Å². The van der Waals surface area contributed by atoms with Crippen LogP contribution in [0.2, 0.25) is 0 Å². The maximum absolute atomic E-state index is 12.7. The summed E-state index contributed by atoms with van der Waals surface area (Å²) in [5.74, 6) is 5.72. The van der Waals surface area contributed by atoms with Crippen molar-refractivity contribution < 1.29 is 4.39 Å². The van der Waals surface area contributed by atoms with Crippen LogP contribution in [0.25, 0.3) is 0 Å². The van der Waals surface area contributed by atoms with Gasteiger partial charge in [0.25, 0.3) is 0 Å². The predicted molar refractivity (Wildman–Crippen MR) is 54.8 cm³/mol. The number of thiol groups is 1. The molecule has 1 aromatic carbocycles. The van der Waals surface area contributed by atoms with E-state index in [1.165, 1.54) is 12.1 Å². The number of hydrogen-bond acceptors (Lipinski definition) is 1. The lowest BCUT2D eigenvalue weighted by Gasteiger charge is -1.93. The summed E-state index contributed by atoms with van der Waals surface area (Å²) in [5, 5.41) is 0. The van der Waals surface area contributed by atoms with E-state index in [0.29, 0.717) is 15.8 Å². The second kappa shape index (κ2) is 4.54. The molecule has 0 nitrogen and oxygen atoms in total. The van der Waals surface area contributed by atoms with Crippen molar-refractivity contribution in [3.63, 3.8) is 0 Å². The molecule has 0 aromatic heterocycles. The Morgan fingerprint density at radius 1 is 1.42 bits per heavy atom. The number of benzene rings is 1. The Morgan fingerprint density at radius 2 is 2.17 bits per heavy atom. The Balaban J connectivity index is 3.01. The zero-order chi connectivity index (χ0) is 8.97.